The molecule has 1 aromatic carbocycles. The van der Waals surface area contributed by atoms with Gasteiger partial charge in [-0.3, -0.25) is 4.79 Å². The number of hydrogen-bond donors (Lipinski definition) is 1. The Hall–Kier alpha value is -0.540. The van der Waals surface area contributed by atoms with E-state index in [4.69, 9.17) is 11.6 Å². The van der Waals surface area contributed by atoms with Crippen LogP contribution in [0, 0.1) is 5.92 Å². The van der Waals surface area contributed by atoms with Gasteiger partial charge >= 0.3 is 0 Å². The molecule has 0 aliphatic heterocycles. The zero-order valence-corrected chi connectivity index (χ0v) is 13.1. The summed E-state index contributed by atoms with van der Waals surface area (Å²) < 4.78 is 0.770. The fraction of sp³-hybridized carbons (Fsp3) is 0.500. The van der Waals surface area contributed by atoms with Crippen molar-refractivity contribution in [3.05, 3.63) is 33.3 Å². The second-order valence-electron chi connectivity index (χ2n) is 4.77. The molecule has 1 rings (SSSR count). The first-order chi connectivity index (χ1) is 8.50. The molecule has 0 atom stereocenters. The second-order valence-corrected chi connectivity index (χ2v) is 6.06. The largest absolute Gasteiger partial charge is 0.352 e. The Morgan fingerprint density at radius 3 is 2.78 bits per heavy atom. The van der Waals surface area contributed by atoms with Crippen LogP contribution in [0.25, 0.3) is 0 Å². The molecule has 2 nitrogen and oxygen atoms in total. The average Bonchev–Trinajstić information content (AvgIpc) is 2.31. The average molecular weight is 333 g/mol. The number of halogens is 2. The van der Waals surface area contributed by atoms with E-state index in [1.165, 1.54) is 6.42 Å². The van der Waals surface area contributed by atoms with E-state index in [0.29, 0.717) is 17.1 Å². The van der Waals surface area contributed by atoms with E-state index in [2.05, 4.69) is 35.1 Å². The third-order valence-electron chi connectivity index (χ3n) is 2.67. The standard InChI is InChI=1S/C14H19BrClNO/c1-10(2)5-3-4-8-17-14(18)12-9-11(16)6-7-13(12)15/h6-7,9-10H,3-5,8H2,1-2H3,(H,17,18). The second kappa shape index (κ2) is 7.80. The highest BCUT2D eigenvalue weighted by Gasteiger charge is 2.09. The molecule has 0 heterocycles. The van der Waals surface area contributed by atoms with Crippen LogP contribution in [0.1, 0.15) is 43.5 Å². The van der Waals surface area contributed by atoms with Gasteiger partial charge in [0.05, 0.1) is 5.56 Å². The highest BCUT2D eigenvalue weighted by molar-refractivity contribution is 9.10. The quantitative estimate of drug-likeness (QED) is 0.754. The minimum absolute atomic E-state index is 0.0751. The van der Waals surface area contributed by atoms with Gasteiger partial charge in [-0.15, -0.1) is 0 Å². The number of rotatable bonds is 6. The molecule has 1 N–H and O–H groups in total. The van der Waals surface area contributed by atoms with Crippen LogP contribution in [0.3, 0.4) is 0 Å². The number of carbonyl (C=O) groups is 1. The summed E-state index contributed by atoms with van der Waals surface area (Å²) in [5.74, 6) is 0.650. The van der Waals surface area contributed by atoms with E-state index in [9.17, 15) is 4.79 Å². The van der Waals surface area contributed by atoms with Crippen LogP contribution in [-0.2, 0) is 0 Å². The fourth-order valence-electron chi connectivity index (χ4n) is 1.65. The van der Waals surface area contributed by atoms with Crippen LogP contribution < -0.4 is 5.32 Å². The normalized spacial score (nSPS) is 10.7. The smallest absolute Gasteiger partial charge is 0.252 e. The molecule has 0 spiro atoms. The van der Waals surface area contributed by atoms with Gasteiger partial charge in [0.15, 0.2) is 0 Å². The maximum atomic E-state index is 11.9. The molecule has 1 amide bonds. The summed E-state index contributed by atoms with van der Waals surface area (Å²) in [6, 6.07) is 5.22. The van der Waals surface area contributed by atoms with Gasteiger partial charge in [-0.05, 0) is 46.5 Å². The van der Waals surface area contributed by atoms with Crippen LogP contribution in [0.4, 0.5) is 0 Å². The Bertz CT molecular complexity index is 407. The van der Waals surface area contributed by atoms with Crippen molar-refractivity contribution < 1.29 is 4.79 Å². The summed E-state index contributed by atoms with van der Waals surface area (Å²) in [7, 11) is 0. The first-order valence-electron chi connectivity index (χ1n) is 6.24. The molecule has 0 fully saturated rings. The Morgan fingerprint density at radius 1 is 1.39 bits per heavy atom. The van der Waals surface area contributed by atoms with E-state index in [0.717, 1.165) is 23.2 Å². The summed E-state index contributed by atoms with van der Waals surface area (Å²) in [4.78, 5) is 11.9. The van der Waals surface area contributed by atoms with E-state index >= 15 is 0 Å². The number of amides is 1. The zero-order valence-electron chi connectivity index (χ0n) is 10.8. The molecule has 0 aliphatic rings. The Morgan fingerprint density at radius 2 is 2.11 bits per heavy atom. The van der Waals surface area contributed by atoms with Crippen LogP contribution in [-0.4, -0.2) is 12.5 Å². The fourth-order valence-corrected chi connectivity index (χ4v) is 2.25. The SMILES string of the molecule is CC(C)CCCCNC(=O)c1cc(Cl)ccc1Br. The molecule has 100 valence electrons. The van der Waals surface area contributed by atoms with E-state index in [1.807, 2.05) is 0 Å². The van der Waals surface area contributed by atoms with Gasteiger partial charge in [-0.2, -0.15) is 0 Å². The van der Waals surface area contributed by atoms with E-state index in [-0.39, 0.29) is 5.91 Å². The maximum absolute atomic E-state index is 11.9. The maximum Gasteiger partial charge on any atom is 0.252 e. The predicted molar refractivity (Wildman–Crippen MR) is 80.2 cm³/mol. The Balaban J connectivity index is 2.39. The minimum atomic E-state index is -0.0751. The third kappa shape index (κ3) is 5.40. The van der Waals surface area contributed by atoms with Crippen molar-refractivity contribution in [2.24, 2.45) is 5.92 Å². The van der Waals surface area contributed by atoms with Crippen molar-refractivity contribution in [2.75, 3.05) is 6.54 Å². The number of hydrogen-bond acceptors (Lipinski definition) is 1. The summed E-state index contributed by atoms with van der Waals surface area (Å²) in [5, 5.41) is 3.49. The highest BCUT2D eigenvalue weighted by Crippen LogP contribution is 2.21. The lowest BCUT2D eigenvalue weighted by molar-refractivity contribution is 0.0952. The van der Waals surface area contributed by atoms with Gasteiger partial charge in [0.1, 0.15) is 0 Å². The summed E-state index contributed by atoms with van der Waals surface area (Å²) in [6.07, 6.45) is 3.37. The molecule has 0 saturated heterocycles. The highest BCUT2D eigenvalue weighted by atomic mass is 79.9. The summed E-state index contributed by atoms with van der Waals surface area (Å²) in [5.41, 5.74) is 0.589. The Labute approximate surface area is 122 Å². The summed E-state index contributed by atoms with van der Waals surface area (Å²) >= 11 is 9.23. The van der Waals surface area contributed by atoms with Crippen LogP contribution >= 0.6 is 27.5 Å². The number of unbranched alkanes of at least 4 members (excludes halogenated alkanes) is 1. The first kappa shape index (κ1) is 15.5. The monoisotopic (exact) mass is 331 g/mol. The molecule has 0 aliphatic carbocycles. The molecule has 18 heavy (non-hydrogen) atoms. The Kier molecular flexibility index (Phi) is 6.72. The van der Waals surface area contributed by atoms with Crippen LogP contribution in [0.2, 0.25) is 5.02 Å². The van der Waals surface area contributed by atoms with Crippen molar-refractivity contribution in [1.82, 2.24) is 5.32 Å². The molecule has 4 heteroatoms. The number of carbonyl (C=O) groups excluding carboxylic acids is 1. The molecule has 0 radical (unpaired) electrons. The third-order valence-corrected chi connectivity index (χ3v) is 3.59. The van der Waals surface area contributed by atoms with Crippen molar-refractivity contribution in [1.29, 1.82) is 0 Å². The number of nitrogens with one attached hydrogen (secondary N) is 1. The molecule has 1 aromatic rings. The van der Waals surface area contributed by atoms with Gasteiger partial charge in [0.25, 0.3) is 5.91 Å². The van der Waals surface area contributed by atoms with E-state index < -0.39 is 0 Å². The predicted octanol–water partition coefficient (Wildman–Crippen LogP) is 4.66. The lowest BCUT2D eigenvalue weighted by atomic mass is 10.1. The lowest BCUT2D eigenvalue weighted by Gasteiger charge is -2.08. The lowest BCUT2D eigenvalue weighted by Crippen LogP contribution is -2.24. The first-order valence-corrected chi connectivity index (χ1v) is 7.41. The minimum Gasteiger partial charge on any atom is -0.352 e. The van der Waals surface area contributed by atoms with Gasteiger partial charge in [-0.1, -0.05) is 38.3 Å². The molecule has 0 unspecified atom stereocenters. The van der Waals surface area contributed by atoms with Gasteiger partial charge < -0.3 is 5.32 Å². The molecular weight excluding hydrogens is 314 g/mol. The summed E-state index contributed by atoms with van der Waals surface area (Å²) in [6.45, 7) is 5.13. The van der Waals surface area contributed by atoms with Crippen molar-refractivity contribution in [3.63, 3.8) is 0 Å². The molecular formula is C14H19BrClNO. The zero-order chi connectivity index (χ0) is 13.5. The van der Waals surface area contributed by atoms with Crippen molar-refractivity contribution >= 4 is 33.4 Å². The van der Waals surface area contributed by atoms with Crippen LogP contribution in [0.15, 0.2) is 22.7 Å². The van der Waals surface area contributed by atoms with Gasteiger partial charge in [-0.25, -0.2) is 0 Å². The van der Waals surface area contributed by atoms with E-state index in [1.54, 1.807) is 18.2 Å². The molecule has 0 saturated carbocycles. The van der Waals surface area contributed by atoms with Crippen LogP contribution in [0.5, 0.6) is 0 Å². The van der Waals surface area contributed by atoms with Crippen molar-refractivity contribution in [3.8, 4) is 0 Å². The molecule has 0 bridgehead atoms. The van der Waals surface area contributed by atoms with Gasteiger partial charge in [0, 0.05) is 16.0 Å². The topological polar surface area (TPSA) is 29.1 Å². The van der Waals surface area contributed by atoms with Gasteiger partial charge in [0.2, 0.25) is 0 Å². The van der Waals surface area contributed by atoms with Crippen molar-refractivity contribution in [2.45, 2.75) is 33.1 Å². The number of benzene rings is 1. The molecule has 0 aromatic heterocycles.